The number of hydrogen-bond donors (Lipinski definition) is 2. The van der Waals surface area contributed by atoms with E-state index in [4.69, 9.17) is 0 Å². The molecule has 0 saturated carbocycles. The lowest BCUT2D eigenvalue weighted by Crippen LogP contribution is -2.27. The first-order valence-electron chi connectivity index (χ1n) is 8.33. The number of aromatic hydroxyl groups is 1. The number of aryl methyl sites for hydroxylation is 2. The van der Waals surface area contributed by atoms with E-state index in [0.717, 1.165) is 35.9 Å². The van der Waals surface area contributed by atoms with E-state index < -0.39 is 0 Å². The monoisotopic (exact) mass is 322 g/mol. The van der Waals surface area contributed by atoms with E-state index in [-0.39, 0.29) is 11.7 Å². The lowest BCUT2D eigenvalue weighted by atomic mass is 10.1. The predicted octanol–water partition coefficient (Wildman–Crippen LogP) is 3.73. The van der Waals surface area contributed by atoms with Crippen LogP contribution in [0.1, 0.15) is 29.4 Å². The second-order valence-corrected chi connectivity index (χ2v) is 5.86. The summed E-state index contributed by atoms with van der Waals surface area (Å²) in [6, 6.07) is 17.2. The highest BCUT2D eigenvalue weighted by Crippen LogP contribution is 2.19. The van der Waals surface area contributed by atoms with Gasteiger partial charge in [-0.3, -0.25) is 4.79 Å². The molecule has 0 radical (unpaired) electrons. The normalized spacial score (nSPS) is 10.9. The van der Waals surface area contributed by atoms with Crippen LogP contribution in [0.3, 0.4) is 0 Å². The molecule has 124 valence electrons. The molecule has 4 heteroatoms. The Morgan fingerprint density at radius 2 is 1.88 bits per heavy atom. The van der Waals surface area contributed by atoms with Gasteiger partial charge in [0.05, 0.1) is 0 Å². The van der Waals surface area contributed by atoms with E-state index >= 15 is 0 Å². The minimum Gasteiger partial charge on any atom is -0.508 e. The number of carbonyl (C=O) groups is 1. The molecule has 2 aromatic carbocycles. The van der Waals surface area contributed by atoms with Gasteiger partial charge in [0.2, 0.25) is 0 Å². The van der Waals surface area contributed by atoms with Crippen LogP contribution in [-0.2, 0) is 13.0 Å². The zero-order valence-electron chi connectivity index (χ0n) is 13.8. The standard InChI is InChI=1S/C20H22N2O2/c1-2-22-18-8-4-3-7-16(18)14-19(22)20(24)21-13-5-6-15-9-11-17(23)12-10-15/h3-4,7-12,14,23H,2,5-6,13H2,1H3,(H,21,24). The Balaban J connectivity index is 1.60. The van der Waals surface area contributed by atoms with Crippen LogP contribution in [0, 0.1) is 0 Å². The molecule has 0 unspecified atom stereocenters. The van der Waals surface area contributed by atoms with Crippen molar-refractivity contribution in [1.29, 1.82) is 0 Å². The average Bonchev–Trinajstić information content (AvgIpc) is 2.99. The Morgan fingerprint density at radius 3 is 2.62 bits per heavy atom. The van der Waals surface area contributed by atoms with Gasteiger partial charge in [-0.05, 0) is 49.6 Å². The van der Waals surface area contributed by atoms with Gasteiger partial charge < -0.3 is 15.0 Å². The Kier molecular flexibility index (Phi) is 4.85. The van der Waals surface area contributed by atoms with Crippen molar-refractivity contribution in [3.8, 4) is 5.75 Å². The van der Waals surface area contributed by atoms with Gasteiger partial charge in [0.1, 0.15) is 11.4 Å². The third kappa shape index (κ3) is 3.43. The molecule has 4 nitrogen and oxygen atoms in total. The summed E-state index contributed by atoms with van der Waals surface area (Å²) in [6.07, 6.45) is 1.74. The maximum Gasteiger partial charge on any atom is 0.267 e. The number of phenolic OH excluding ortho intramolecular Hbond substituents is 1. The van der Waals surface area contributed by atoms with Crippen molar-refractivity contribution in [2.45, 2.75) is 26.3 Å². The van der Waals surface area contributed by atoms with Crippen LogP contribution >= 0.6 is 0 Å². The van der Waals surface area contributed by atoms with Gasteiger partial charge in [-0.25, -0.2) is 0 Å². The molecule has 0 fully saturated rings. The Bertz CT molecular complexity index is 834. The number of phenols is 1. The molecule has 24 heavy (non-hydrogen) atoms. The number of hydrogen-bond acceptors (Lipinski definition) is 2. The third-order valence-electron chi connectivity index (χ3n) is 4.22. The predicted molar refractivity (Wildman–Crippen MR) is 96.4 cm³/mol. The number of fused-ring (bicyclic) bond motifs is 1. The fraction of sp³-hybridized carbons (Fsp3) is 0.250. The lowest BCUT2D eigenvalue weighted by Gasteiger charge is -2.09. The summed E-state index contributed by atoms with van der Waals surface area (Å²) >= 11 is 0. The van der Waals surface area contributed by atoms with Gasteiger partial charge in [-0.2, -0.15) is 0 Å². The number of aromatic nitrogens is 1. The van der Waals surface area contributed by atoms with Gasteiger partial charge in [0.15, 0.2) is 0 Å². The van der Waals surface area contributed by atoms with Crippen LogP contribution in [0.15, 0.2) is 54.6 Å². The zero-order valence-corrected chi connectivity index (χ0v) is 13.8. The summed E-state index contributed by atoms with van der Waals surface area (Å²) in [6.45, 7) is 3.45. The summed E-state index contributed by atoms with van der Waals surface area (Å²) in [4.78, 5) is 12.5. The molecule has 0 spiro atoms. The summed E-state index contributed by atoms with van der Waals surface area (Å²) < 4.78 is 2.05. The minimum absolute atomic E-state index is 0.0289. The molecule has 0 atom stereocenters. The van der Waals surface area contributed by atoms with Crippen LogP contribution in [0.25, 0.3) is 10.9 Å². The fourth-order valence-electron chi connectivity index (χ4n) is 2.99. The highest BCUT2D eigenvalue weighted by molar-refractivity contribution is 5.98. The van der Waals surface area contributed by atoms with Crippen LogP contribution < -0.4 is 5.32 Å². The molecule has 0 aliphatic carbocycles. The fourth-order valence-corrected chi connectivity index (χ4v) is 2.99. The molecule has 1 aromatic heterocycles. The molecule has 1 amide bonds. The largest absolute Gasteiger partial charge is 0.508 e. The van der Waals surface area contributed by atoms with Crippen LogP contribution in [0.2, 0.25) is 0 Å². The molecule has 3 aromatic rings. The Morgan fingerprint density at radius 1 is 1.12 bits per heavy atom. The van der Waals surface area contributed by atoms with Crippen molar-refractivity contribution in [3.05, 3.63) is 65.9 Å². The van der Waals surface area contributed by atoms with Crippen molar-refractivity contribution in [3.63, 3.8) is 0 Å². The average molecular weight is 322 g/mol. The first-order chi connectivity index (χ1) is 11.7. The minimum atomic E-state index is -0.0289. The summed E-state index contributed by atoms with van der Waals surface area (Å²) in [5.41, 5.74) is 2.96. The summed E-state index contributed by atoms with van der Waals surface area (Å²) in [5.74, 6) is 0.248. The molecule has 0 aliphatic heterocycles. The van der Waals surface area contributed by atoms with E-state index in [0.29, 0.717) is 12.2 Å². The van der Waals surface area contributed by atoms with E-state index in [1.54, 1.807) is 12.1 Å². The smallest absolute Gasteiger partial charge is 0.267 e. The van der Waals surface area contributed by atoms with Gasteiger partial charge in [0.25, 0.3) is 5.91 Å². The summed E-state index contributed by atoms with van der Waals surface area (Å²) in [5, 5.41) is 13.4. The van der Waals surface area contributed by atoms with Gasteiger partial charge in [-0.1, -0.05) is 30.3 Å². The number of rotatable bonds is 6. The van der Waals surface area contributed by atoms with Crippen molar-refractivity contribution >= 4 is 16.8 Å². The summed E-state index contributed by atoms with van der Waals surface area (Å²) in [7, 11) is 0. The van der Waals surface area contributed by atoms with Crippen molar-refractivity contribution in [2.75, 3.05) is 6.54 Å². The number of nitrogens with one attached hydrogen (secondary N) is 1. The maximum absolute atomic E-state index is 12.5. The quantitative estimate of drug-likeness (QED) is 0.679. The van der Waals surface area contributed by atoms with E-state index in [1.807, 2.05) is 54.0 Å². The van der Waals surface area contributed by atoms with Crippen LogP contribution in [0.5, 0.6) is 5.75 Å². The number of amides is 1. The third-order valence-corrected chi connectivity index (χ3v) is 4.22. The van der Waals surface area contributed by atoms with E-state index in [2.05, 4.69) is 5.32 Å². The molecule has 2 N–H and O–H groups in total. The van der Waals surface area contributed by atoms with Crippen molar-refractivity contribution in [2.24, 2.45) is 0 Å². The molecule has 1 heterocycles. The van der Waals surface area contributed by atoms with Crippen molar-refractivity contribution in [1.82, 2.24) is 9.88 Å². The molecule has 0 saturated heterocycles. The highest BCUT2D eigenvalue weighted by atomic mass is 16.3. The van der Waals surface area contributed by atoms with Gasteiger partial charge in [0, 0.05) is 24.0 Å². The topological polar surface area (TPSA) is 54.3 Å². The molecule has 0 aliphatic rings. The maximum atomic E-state index is 12.5. The molecule has 0 bridgehead atoms. The first-order valence-corrected chi connectivity index (χ1v) is 8.33. The molecular weight excluding hydrogens is 300 g/mol. The van der Waals surface area contributed by atoms with Crippen LogP contribution in [0.4, 0.5) is 0 Å². The van der Waals surface area contributed by atoms with Gasteiger partial charge >= 0.3 is 0 Å². The number of carbonyl (C=O) groups excluding carboxylic acids is 1. The Labute approximate surface area is 141 Å². The number of nitrogens with zero attached hydrogens (tertiary/aromatic N) is 1. The van der Waals surface area contributed by atoms with Crippen LogP contribution in [-0.4, -0.2) is 22.1 Å². The second kappa shape index (κ2) is 7.21. The lowest BCUT2D eigenvalue weighted by molar-refractivity contribution is 0.0944. The SMILES string of the molecule is CCn1c(C(=O)NCCCc2ccc(O)cc2)cc2ccccc21. The second-order valence-electron chi connectivity index (χ2n) is 5.86. The first kappa shape index (κ1) is 16.1. The van der Waals surface area contributed by atoms with E-state index in [9.17, 15) is 9.90 Å². The Hall–Kier alpha value is -2.75. The molecular formula is C20H22N2O2. The number of benzene rings is 2. The zero-order chi connectivity index (χ0) is 16.9. The number of para-hydroxylation sites is 1. The highest BCUT2D eigenvalue weighted by Gasteiger charge is 2.13. The van der Waals surface area contributed by atoms with E-state index in [1.165, 1.54) is 0 Å². The molecule has 3 rings (SSSR count). The van der Waals surface area contributed by atoms with Crippen molar-refractivity contribution < 1.29 is 9.90 Å². The van der Waals surface area contributed by atoms with Gasteiger partial charge in [-0.15, -0.1) is 0 Å².